The van der Waals surface area contributed by atoms with Gasteiger partial charge in [0.05, 0.1) is 6.20 Å². The number of carbonyl (C=O) groups is 1. The molecule has 0 saturated heterocycles. The van der Waals surface area contributed by atoms with Crippen LogP contribution in [0.4, 0.5) is 26.4 Å². The van der Waals surface area contributed by atoms with E-state index in [0.717, 1.165) is 25.0 Å². The van der Waals surface area contributed by atoms with Crippen molar-refractivity contribution in [2.45, 2.75) is 64.0 Å². The first kappa shape index (κ1) is 22.8. The van der Waals surface area contributed by atoms with Gasteiger partial charge in [-0.1, -0.05) is 18.5 Å². The molecular weight excluding hydrogens is 464 g/mol. The summed E-state index contributed by atoms with van der Waals surface area (Å²) in [4.78, 5) is 25.6. The van der Waals surface area contributed by atoms with Crippen LogP contribution in [0.1, 0.15) is 57.9 Å². The normalized spacial score (nSPS) is 23.0. The fourth-order valence-corrected chi connectivity index (χ4v) is 4.84. The van der Waals surface area contributed by atoms with Crippen molar-refractivity contribution in [1.82, 2.24) is 19.5 Å². The van der Waals surface area contributed by atoms with Crippen molar-refractivity contribution in [3.8, 4) is 0 Å². The number of anilines is 3. The molecule has 3 aromatic rings. The molecule has 4 N–H and O–H groups in total. The minimum Gasteiger partial charge on any atom is -0.369 e. The number of nitrogens with one attached hydrogen (secondary N) is 2. The number of fused-ring (bicyclic) bond motifs is 1. The van der Waals surface area contributed by atoms with Crippen LogP contribution in [-0.2, 0) is 4.79 Å². The maximum absolute atomic E-state index is 14.6. The fourth-order valence-electron chi connectivity index (χ4n) is 4.65. The lowest BCUT2D eigenvalue weighted by molar-refractivity contribution is -0.128. The average Bonchev–Trinajstić information content (AvgIpc) is 3.11. The van der Waals surface area contributed by atoms with Crippen molar-refractivity contribution in [2.75, 3.05) is 10.6 Å². The molecule has 0 radical (unpaired) electrons. The van der Waals surface area contributed by atoms with Crippen LogP contribution in [-0.4, -0.2) is 31.5 Å². The Bertz CT molecular complexity index is 1230. The highest BCUT2D eigenvalue weighted by Crippen LogP contribution is 2.43. The third-order valence-electron chi connectivity index (χ3n) is 7.13. The number of amides is 1. The van der Waals surface area contributed by atoms with Crippen molar-refractivity contribution < 1.29 is 13.6 Å². The third-order valence-corrected chi connectivity index (χ3v) is 7.35. The Kier molecular flexibility index (Phi) is 5.79. The number of rotatable bonds is 6. The van der Waals surface area contributed by atoms with Crippen molar-refractivity contribution in [3.05, 3.63) is 35.0 Å². The van der Waals surface area contributed by atoms with E-state index in [2.05, 4.69) is 20.6 Å². The Morgan fingerprint density at radius 2 is 1.85 bits per heavy atom. The summed E-state index contributed by atoms with van der Waals surface area (Å²) in [7, 11) is 0. The Morgan fingerprint density at radius 3 is 2.44 bits per heavy atom. The summed E-state index contributed by atoms with van der Waals surface area (Å²) in [5, 5.41) is 6.11. The second-order valence-electron chi connectivity index (χ2n) is 9.51. The monoisotopic (exact) mass is 489 g/mol. The van der Waals surface area contributed by atoms with E-state index in [4.69, 9.17) is 22.3 Å². The summed E-state index contributed by atoms with van der Waals surface area (Å²) in [6.45, 7) is 1.87. The predicted molar refractivity (Wildman–Crippen MR) is 126 cm³/mol. The molecular formula is C23H26ClF2N7O. The number of benzene rings is 1. The second-order valence-corrected chi connectivity index (χ2v) is 9.94. The van der Waals surface area contributed by atoms with Crippen LogP contribution in [0.2, 0.25) is 5.02 Å². The minimum atomic E-state index is -0.827. The number of primary amides is 1. The molecule has 2 saturated carbocycles. The maximum atomic E-state index is 14.6. The SMILES string of the molecule is CC1(C(N)=O)CCC(n2c(Nc3c(F)cc(Cl)cc3F)nc3cnc(NC4CCC4)nc32)CC1. The molecule has 2 aliphatic carbocycles. The van der Waals surface area contributed by atoms with E-state index in [0.29, 0.717) is 48.8 Å². The fraction of sp³-hybridized carbons (Fsp3) is 0.478. The number of halogens is 3. The molecule has 11 heteroatoms. The lowest BCUT2D eigenvalue weighted by atomic mass is 9.73. The molecule has 0 atom stereocenters. The number of nitrogens with two attached hydrogens (primary N) is 1. The number of hydrogen-bond donors (Lipinski definition) is 3. The van der Waals surface area contributed by atoms with Gasteiger partial charge in [0.25, 0.3) is 0 Å². The van der Waals surface area contributed by atoms with E-state index < -0.39 is 17.0 Å². The number of imidazole rings is 1. The standard InChI is InChI=1S/C23H26ClF2N7O/c1-23(20(27)34)7-5-14(6-8-23)33-19-17(11-28-21(32-19)29-13-3-2-4-13)30-22(33)31-18-15(25)9-12(24)10-16(18)26/h9-11,13-14H,2-8H2,1H3,(H2,27,34)(H,30,31)(H,28,29,32). The first-order valence-electron chi connectivity index (χ1n) is 11.5. The maximum Gasteiger partial charge on any atom is 0.224 e. The largest absolute Gasteiger partial charge is 0.369 e. The summed E-state index contributed by atoms with van der Waals surface area (Å²) in [6.07, 6.45) is 7.37. The molecule has 180 valence electrons. The summed E-state index contributed by atoms with van der Waals surface area (Å²) >= 11 is 5.78. The van der Waals surface area contributed by atoms with Gasteiger partial charge < -0.3 is 16.4 Å². The predicted octanol–water partition coefficient (Wildman–Crippen LogP) is 5.07. The summed E-state index contributed by atoms with van der Waals surface area (Å²) < 4.78 is 31.0. The average molecular weight is 490 g/mol. The highest BCUT2D eigenvalue weighted by molar-refractivity contribution is 6.30. The molecule has 2 fully saturated rings. The van der Waals surface area contributed by atoms with E-state index in [-0.39, 0.29) is 28.6 Å². The van der Waals surface area contributed by atoms with E-state index in [1.54, 1.807) is 6.20 Å². The molecule has 2 aromatic heterocycles. The summed E-state index contributed by atoms with van der Waals surface area (Å²) in [6, 6.07) is 2.33. The van der Waals surface area contributed by atoms with Gasteiger partial charge in [0.2, 0.25) is 17.8 Å². The van der Waals surface area contributed by atoms with Crippen molar-refractivity contribution >= 4 is 46.3 Å². The summed E-state index contributed by atoms with van der Waals surface area (Å²) in [5.41, 5.74) is 5.75. The highest BCUT2D eigenvalue weighted by atomic mass is 35.5. The molecule has 0 aliphatic heterocycles. The van der Waals surface area contributed by atoms with Gasteiger partial charge in [0.1, 0.15) is 11.2 Å². The van der Waals surface area contributed by atoms with Crippen LogP contribution in [0.25, 0.3) is 11.2 Å². The smallest absolute Gasteiger partial charge is 0.224 e. The number of nitrogens with zero attached hydrogens (tertiary/aromatic N) is 4. The first-order chi connectivity index (χ1) is 16.2. The molecule has 2 heterocycles. The van der Waals surface area contributed by atoms with Gasteiger partial charge in [-0.25, -0.2) is 18.7 Å². The Labute approximate surface area is 200 Å². The van der Waals surface area contributed by atoms with Crippen LogP contribution >= 0.6 is 11.6 Å². The van der Waals surface area contributed by atoms with E-state index in [9.17, 15) is 13.6 Å². The van der Waals surface area contributed by atoms with E-state index >= 15 is 0 Å². The lowest BCUT2D eigenvalue weighted by Crippen LogP contribution is -2.38. The van der Waals surface area contributed by atoms with Crippen LogP contribution in [0.5, 0.6) is 0 Å². The third kappa shape index (κ3) is 4.15. The Morgan fingerprint density at radius 1 is 1.18 bits per heavy atom. The summed E-state index contributed by atoms with van der Waals surface area (Å²) in [5.74, 6) is -1.23. The number of hydrogen-bond acceptors (Lipinski definition) is 6. The molecule has 0 bridgehead atoms. The molecule has 0 spiro atoms. The van der Waals surface area contributed by atoms with Gasteiger partial charge in [0.15, 0.2) is 17.3 Å². The minimum absolute atomic E-state index is 0.0374. The van der Waals surface area contributed by atoms with Crippen molar-refractivity contribution in [2.24, 2.45) is 11.1 Å². The number of carbonyl (C=O) groups excluding carboxylic acids is 1. The van der Waals surface area contributed by atoms with Gasteiger partial charge in [-0.15, -0.1) is 0 Å². The molecule has 5 rings (SSSR count). The molecule has 0 unspecified atom stereocenters. The quantitative estimate of drug-likeness (QED) is 0.445. The van der Waals surface area contributed by atoms with Gasteiger partial charge in [-0.3, -0.25) is 9.36 Å². The molecule has 8 nitrogen and oxygen atoms in total. The first-order valence-corrected chi connectivity index (χ1v) is 11.8. The van der Waals surface area contributed by atoms with Crippen molar-refractivity contribution in [3.63, 3.8) is 0 Å². The van der Waals surface area contributed by atoms with Crippen LogP contribution < -0.4 is 16.4 Å². The highest BCUT2D eigenvalue weighted by Gasteiger charge is 2.38. The van der Waals surface area contributed by atoms with Crippen LogP contribution in [0.3, 0.4) is 0 Å². The van der Waals surface area contributed by atoms with Crippen molar-refractivity contribution in [1.29, 1.82) is 0 Å². The molecule has 1 aromatic carbocycles. The van der Waals surface area contributed by atoms with Crippen LogP contribution in [0.15, 0.2) is 18.3 Å². The van der Waals surface area contributed by atoms with Crippen LogP contribution in [0, 0.1) is 17.0 Å². The van der Waals surface area contributed by atoms with Gasteiger partial charge in [0, 0.05) is 22.5 Å². The van der Waals surface area contributed by atoms with Gasteiger partial charge in [-0.05, 0) is 57.1 Å². The second kappa shape index (κ2) is 8.65. The molecule has 2 aliphatic rings. The van der Waals surface area contributed by atoms with E-state index in [1.165, 1.54) is 6.42 Å². The van der Waals surface area contributed by atoms with E-state index in [1.807, 2.05) is 11.5 Å². The molecule has 34 heavy (non-hydrogen) atoms. The van der Waals surface area contributed by atoms with Gasteiger partial charge >= 0.3 is 0 Å². The Balaban J connectivity index is 1.55. The topological polar surface area (TPSA) is 111 Å². The lowest BCUT2D eigenvalue weighted by Gasteiger charge is -2.35. The zero-order chi connectivity index (χ0) is 24.0. The molecule has 1 amide bonds. The number of aromatic nitrogens is 4. The Hall–Kier alpha value is -3.01. The zero-order valence-corrected chi connectivity index (χ0v) is 19.5. The van der Waals surface area contributed by atoms with Gasteiger partial charge in [-0.2, -0.15) is 4.98 Å². The zero-order valence-electron chi connectivity index (χ0n) is 18.7.